The number of hydrogen-bond donors (Lipinski definition) is 0. The van der Waals surface area contributed by atoms with Gasteiger partial charge in [0, 0.05) is 12.3 Å². The lowest BCUT2D eigenvalue weighted by atomic mass is 9.48. The van der Waals surface area contributed by atoms with Crippen LogP contribution in [0.3, 0.4) is 0 Å². The molecule has 0 unspecified atom stereocenters. The summed E-state index contributed by atoms with van der Waals surface area (Å²) < 4.78 is 0. The second-order valence-electron chi connectivity index (χ2n) is 8.04. The van der Waals surface area contributed by atoms with Crippen molar-refractivity contribution < 1.29 is 4.79 Å². The molecule has 0 spiro atoms. The van der Waals surface area contributed by atoms with Crippen molar-refractivity contribution >= 4 is 5.78 Å². The Balaban J connectivity index is 1.48. The smallest absolute Gasteiger partial charge is 0.136 e. The van der Waals surface area contributed by atoms with E-state index >= 15 is 0 Å². The lowest BCUT2D eigenvalue weighted by molar-refractivity contribution is -0.131. The molecule has 0 aromatic heterocycles. The quantitative estimate of drug-likeness (QED) is 0.723. The van der Waals surface area contributed by atoms with Gasteiger partial charge < -0.3 is 0 Å². The summed E-state index contributed by atoms with van der Waals surface area (Å²) in [5.74, 6) is 4.08. The van der Waals surface area contributed by atoms with E-state index in [-0.39, 0.29) is 0 Å². The highest BCUT2D eigenvalue weighted by Crippen LogP contribution is 2.61. The summed E-state index contributed by atoms with van der Waals surface area (Å²) in [5, 5.41) is 0. The molecule has 5 fully saturated rings. The average molecular weight is 246 g/mol. The van der Waals surface area contributed by atoms with Crippen LogP contribution in [0.15, 0.2) is 0 Å². The van der Waals surface area contributed by atoms with Gasteiger partial charge in [0.15, 0.2) is 0 Å². The van der Waals surface area contributed by atoms with E-state index in [2.05, 4.69) is 0 Å². The van der Waals surface area contributed by atoms with Crippen LogP contribution in [0, 0.1) is 29.1 Å². The third-order valence-electron chi connectivity index (χ3n) is 6.52. The normalized spacial score (nSPS) is 46.8. The van der Waals surface area contributed by atoms with Crippen LogP contribution in [0.25, 0.3) is 0 Å². The Kier molecular flexibility index (Phi) is 2.61. The van der Waals surface area contributed by atoms with Crippen LogP contribution in [0.1, 0.15) is 70.6 Å². The second-order valence-corrected chi connectivity index (χ2v) is 8.04. The van der Waals surface area contributed by atoms with Crippen molar-refractivity contribution in [3.8, 4) is 0 Å². The fourth-order valence-corrected chi connectivity index (χ4v) is 6.27. The van der Waals surface area contributed by atoms with Gasteiger partial charge in [-0.2, -0.15) is 0 Å². The van der Waals surface area contributed by atoms with Gasteiger partial charge in [0.25, 0.3) is 0 Å². The molecule has 1 heteroatoms. The lowest BCUT2D eigenvalue weighted by Crippen LogP contribution is -2.47. The molecule has 18 heavy (non-hydrogen) atoms. The van der Waals surface area contributed by atoms with Crippen LogP contribution in [0.5, 0.6) is 0 Å². The minimum Gasteiger partial charge on any atom is -0.299 e. The van der Waals surface area contributed by atoms with Crippen molar-refractivity contribution in [2.75, 3.05) is 0 Å². The molecule has 0 saturated heterocycles. The Morgan fingerprint density at radius 3 is 1.89 bits per heavy atom. The number of hydrogen-bond acceptors (Lipinski definition) is 1. The number of carbonyl (C=O) groups excluding carboxylic acids is 1. The molecule has 1 nitrogen and oxygen atoms in total. The zero-order valence-electron chi connectivity index (χ0n) is 11.5. The first-order chi connectivity index (χ1) is 8.72. The Labute approximate surface area is 111 Å². The topological polar surface area (TPSA) is 17.1 Å². The summed E-state index contributed by atoms with van der Waals surface area (Å²) in [5.41, 5.74) is 0.481. The zero-order valence-corrected chi connectivity index (χ0v) is 11.5. The fourth-order valence-electron chi connectivity index (χ4n) is 6.27. The largest absolute Gasteiger partial charge is 0.299 e. The minimum atomic E-state index is 0.456. The second kappa shape index (κ2) is 4.08. The van der Waals surface area contributed by atoms with Gasteiger partial charge in [-0.1, -0.05) is 12.8 Å². The number of rotatable bonds is 3. The van der Waals surface area contributed by atoms with Crippen LogP contribution in [-0.4, -0.2) is 5.78 Å². The standard InChI is InChI=1S/C17H26O/c18-16(15-3-1-2-4-15)11-17-8-12-5-13(9-17)7-14(6-12)10-17/h12-15H,1-11H2. The van der Waals surface area contributed by atoms with E-state index in [1.54, 1.807) is 0 Å². The molecule has 5 saturated carbocycles. The maximum absolute atomic E-state index is 12.5. The van der Waals surface area contributed by atoms with Crippen molar-refractivity contribution in [1.29, 1.82) is 0 Å². The summed E-state index contributed by atoms with van der Waals surface area (Å²) in [6, 6.07) is 0. The summed E-state index contributed by atoms with van der Waals surface area (Å²) >= 11 is 0. The Hall–Kier alpha value is -0.330. The first-order valence-electron chi connectivity index (χ1n) is 8.25. The van der Waals surface area contributed by atoms with E-state index in [1.165, 1.54) is 64.2 Å². The van der Waals surface area contributed by atoms with Gasteiger partial charge in [0.2, 0.25) is 0 Å². The fraction of sp³-hybridized carbons (Fsp3) is 0.941. The summed E-state index contributed by atoms with van der Waals surface area (Å²) in [4.78, 5) is 12.5. The van der Waals surface area contributed by atoms with Crippen molar-refractivity contribution in [1.82, 2.24) is 0 Å². The van der Waals surface area contributed by atoms with Gasteiger partial charge in [-0.05, 0) is 74.5 Å². The maximum Gasteiger partial charge on any atom is 0.136 e. The molecule has 0 aliphatic heterocycles. The molecule has 0 atom stereocenters. The average Bonchev–Trinajstić information content (AvgIpc) is 2.79. The highest BCUT2D eigenvalue weighted by atomic mass is 16.1. The van der Waals surface area contributed by atoms with Gasteiger partial charge in [-0.15, -0.1) is 0 Å². The van der Waals surface area contributed by atoms with Crippen molar-refractivity contribution in [2.24, 2.45) is 29.1 Å². The minimum absolute atomic E-state index is 0.456. The molecular weight excluding hydrogens is 220 g/mol. The first kappa shape index (κ1) is 11.5. The SMILES string of the molecule is O=C(CC12CC3CC(CC(C3)C1)C2)C1CCCC1. The Morgan fingerprint density at radius 1 is 0.889 bits per heavy atom. The number of ketones is 1. The highest BCUT2D eigenvalue weighted by molar-refractivity contribution is 5.82. The molecule has 100 valence electrons. The molecular formula is C17H26O. The molecule has 0 N–H and O–H groups in total. The van der Waals surface area contributed by atoms with E-state index in [0.29, 0.717) is 17.1 Å². The van der Waals surface area contributed by atoms with Gasteiger partial charge in [0.1, 0.15) is 5.78 Å². The van der Waals surface area contributed by atoms with Crippen LogP contribution in [-0.2, 0) is 4.79 Å². The van der Waals surface area contributed by atoms with Crippen molar-refractivity contribution in [2.45, 2.75) is 70.6 Å². The van der Waals surface area contributed by atoms with E-state index in [0.717, 1.165) is 24.2 Å². The van der Waals surface area contributed by atoms with Crippen LogP contribution >= 0.6 is 0 Å². The van der Waals surface area contributed by atoms with Crippen molar-refractivity contribution in [3.05, 3.63) is 0 Å². The molecule has 0 aromatic carbocycles. The van der Waals surface area contributed by atoms with Crippen LogP contribution in [0.2, 0.25) is 0 Å². The molecule has 4 bridgehead atoms. The monoisotopic (exact) mass is 246 g/mol. The molecule has 0 heterocycles. The van der Waals surface area contributed by atoms with Crippen molar-refractivity contribution in [3.63, 3.8) is 0 Å². The summed E-state index contributed by atoms with van der Waals surface area (Å²) in [6.07, 6.45) is 14.7. The Morgan fingerprint density at radius 2 is 1.39 bits per heavy atom. The van der Waals surface area contributed by atoms with E-state index < -0.39 is 0 Å². The zero-order chi connectivity index (χ0) is 12.2. The number of Topliss-reactive ketones (excluding diaryl/α,β-unsaturated/α-hetero) is 1. The Bertz CT molecular complexity index is 315. The molecule has 0 aromatic rings. The lowest BCUT2D eigenvalue weighted by Gasteiger charge is -2.57. The molecule has 0 radical (unpaired) electrons. The third-order valence-corrected chi connectivity index (χ3v) is 6.52. The first-order valence-corrected chi connectivity index (χ1v) is 8.25. The highest BCUT2D eigenvalue weighted by Gasteiger charge is 2.51. The predicted molar refractivity (Wildman–Crippen MR) is 72.2 cm³/mol. The van der Waals surface area contributed by atoms with E-state index in [4.69, 9.17) is 0 Å². The van der Waals surface area contributed by atoms with Gasteiger partial charge in [-0.3, -0.25) is 4.79 Å². The summed E-state index contributed by atoms with van der Waals surface area (Å²) in [7, 11) is 0. The van der Waals surface area contributed by atoms with Crippen LogP contribution < -0.4 is 0 Å². The van der Waals surface area contributed by atoms with Gasteiger partial charge >= 0.3 is 0 Å². The van der Waals surface area contributed by atoms with E-state index in [1.807, 2.05) is 0 Å². The van der Waals surface area contributed by atoms with E-state index in [9.17, 15) is 4.79 Å². The number of carbonyl (C=O) groups is 1. The molecule has 5 aliphatic carbocycles. The maximum atomic E-state index is 12.5. The molecule has 0 amide bonds. The van der Waals surface area contributed by atoms with Gasteiger partial charge in [-0.25, -0.2) is 0 Å². The third kappa shape index (κ3) is 1.85. The molecule has 5 aliphatic rings. The summed E-state index contributed by atoms with van der Waals surface area (Å²) in [6.45, 7) is 0. The predicted octanol–water partition coefficient (Wildman–Crippen LogP) is 4.35. The van der Waals surface area contributed by atoms with Gasteiger partial charge in [0.05, 0.1) is 0 Å². The van der Waals surface area contributed by atoms with Crippen LogP contribution in [0.4, 0.5) is 0 Å². The molecule has 5 rings (SSSR count).